The van der Waals surface area contributed by atoms with Gasteiger partial charge < -0.3 is 19.2 Å². The van der Waals surface area contributed by atoms with Crippen LogP contribution in [-0.4, -0.2) is 13.0 Å². The first-order valence-electron chi connectivity index (χ1n) is 10.3. The van der Waals surface area contributed by atoms with Gasteiger partial charge in [-0.1, -0.05) is 48.5 Å². The van der Waals surface area contributed by atoms with Crippen LogP contribution in [0.3, 0.4) is 0 Å². The van der Waals surface area contributed by atoms with Gasteiger partial charge in [0.2, 0.25) is 0 Å². The second-order valence-corrected chi connectivity index (χ2v) is 7.40. The number of hydrogen-bond donors (Lipinski definition) is 1. The predicted octanol–water partition coefficient (Wildman–Crippen LogP) is 6.43. The number of amides is 1. The largest absolute Gasteiger partial charge is 0.495 e. The average Bonchev–Trinajstić information content (AvgIpc) is 3.20. The van der Waals surface area contributed by atoms with E-state index in [2.05, 4.69) is 5.32 Å². The molecule has 0 aliphatic rings. The number of nitrogens with one attached hydrogen (secondary N) is 1. The van der Waals surface area contributed by atoms with Gasteiger partial charge >= 0.3 is 0 Å². The maximum absolute atomic E-state index is 12.8. The van der Waals surface area contributed by atoms with Gasteiger partial charge in [-0.05, 0) is 42.0 Å². The molecule has 158 valence electrons. The fourth-order valence-electron chi connectivity index (χ4n) is 3.66. The van der Waals surface area contributed by atoms with Crippen LogP contribution in [-0.2, 0) is 6.61 Å². The fraction of sp³-hybridized carbons (Fsp3) is 0.0741. The highest BCUT2D eigenvalue weighted by Crippen LogP contribution is 2.36. The summed E-state index contributed by atoms with van der Waals surface area (Å²) in [5.41, 5.74) is 3.63. The lowest BCUT2D eigenvalue weighted by Crippen LogP contribution is -2.12. The van der Waals surface area contributed by atoms with Gasteiger partial charge in [0.1, 0.15) is 29.3 Å². The molecule has 0 radical (unpaired) electrons. The summed E-state index contributed by atoms with van der Waals surface area (Å²) in [5.74, 6) is 1.03. The first kappa shape index (κ1) is 19.7. The van der Waals surface area contributed by atoms with Crippen LogP contribution in [0, 0.1) is 0 Å². The summed E-state index contributed by atoms with van der Waals surface area (Å²) < 4.78 is 17.3. The Balaban J connectivity index is 1.34. The highest BCUT2D eigenvalue weighted by molar-refractivity contribution is 6.10. The van der Waals surface area contributed by atoms with E-state index >= 15 is 0 Å². The lowest BCUT2D eigenvalue weighted by molar-refractivity contribution is 0.102. The number of methoxy groups -OCH3 is 1. The smallest absolute Gasteiger partial charge is 0.255 e. The van der Waals surface area contributed by atoms with Crippen molar-refractivity contribution in [2.45, 2.75) is 6.61 Å². The van der Waals surface area contributed by atoms with Crippen LogP contribution in [0.15, 0.2) is 95.4 Å². The van der Waals surface area contributed by atoms with Crippen molar-refractivity contribution in [1.29, 1.82) is 0 Å². The number of rotatable bonds is 6. The third-order valence-corrected chi connectivity index (χ3v) is 5.31. The third-order valence-electron chi connectivity index (χ3n) is 5.31. The average molecular weight is 423 g/mol. The Morgan fingerprint density at radius 1 is 0.844 bits per heavy atom. The summed E-state index contributed by atoms with van der Waals surface area (Å²) in [7, 11) is 1.58. The standard InChI is InChI=1S/C27H21NO4/c1-30-26-15-22-21-9-5-6-10-24(21)32-25(22)16-23(26)28-27(29)19-11-13-20(14-12-19)31-17-18-7-3-2-4-8-18/h2-16H,17H2,1H3,(H,28,29). The molecular weight excluding hydrogens is 402 g/mol. The molecule has 5 nitrogen and oxygen atoms in total. The van der Waals surface area contributed by atoms with E-state index in [0.29, 0.717) is 34.9 Å². The lowest BCUT2D eigenvalue weighted by atomic mass is 10.1. The van der Waals surface area contributed by atoms with Gasteiger partial charge in [0, 0.05) is 22.4 Å². The van der Waals surface area contributed by atoms with E-state index in [9.17, 15) is 4.79 Å². The topological polar surface area (TPSA) is 60.7 Å². The molecule has 0 saturated carbocycles. The molecule has 32 heavy (non-hydrogen) atoms. The van der Waals surface area contributed by atoms with E-state index < -0.39 is 0 Å². The summed E-state index contributed by atoms with van der Waals surface area (Å²) >= 11 is 0. The number of hydrogen-bond acceptors (Lipinski definition) is 4. The van der Waals surface area contributed by atoms with E-state index in [1.807, 2.05) is 60.7 Å². The Morgan fingerprint density at radius 2 is 1.59 bits per heavy atom. The first-order valence-corrected chi connectivity index (χ1v) is 10.3. The van der Waals surface area contributed by atoms with Crippen LogP contribution >= 0.6 is 0 Å². The van der Waals surface area contributed by atoms with Crippen molar-refractivity contribution in [2.75, 3.05) is 12.4 Å². The molecule has 0 saturated heterocycles. The second-order valence-electron chi connectivity index (χ2n) is 7.40. The molecule has 0 spiro atoms. The molecule has 4 aromatic carbocycles. The molecule has 5 aromatic rings. The number of fused-ring (bicyclic) bond motifs is 3. The van der Waals surface area contributed by atoms with E-state index in [1.165, 1.54) is 0 Å². The van der Waals surface area contributed by atoms with Crippen LogP contribution in [0.5, 0.6) is 11.5 Å². The lowest BCUT2D eigenvalue weighted by Gasteiger charge is -2.11. The van der Waals surface area contributed by atoms with Crippen LogP contribution in [0.4, 0.5) is 5.69 Å². The Morgan fingerprint density at radius 3 is 2.38 bits per heavy atom. The van der Waals surface area contributed by atoms with Crippen LogP contribution in [0.25, 0.3) is 21.9 Å². The van der Waals surface area contributed by atoms with Gasteiger partial charge in [-0.2, -0.15) is 0 Å². The number of furan rings is 1. The molecule has 0 atom stereocenters. The molecule has 0 unspecified atom stereocenters. The van der Waals surface area contributed by atoms with Crippen molar-refractivity contribution >= 4 is 33.5 Å². The first-order chi connectivity index (χ1) is 15.7. The molecule has 1 heterocycles. The van der Waals surface area contributed by atoms with E-state index in [4.69, 9.17) is 13.9 Å². The Hall–Kier alpha value is -4.25. The summed E-state index contributed by atoms with van der Waals surface area (Å²) in [6.45, 7) is 0.473. The SMILES string of the molecule is COc1cc2c(cc1NC(=O)c1ccc(OCc3ccccc3)cc1)oc1ccccc12. The van der Waals surface area contributed by atoms with Crippen LogP contribution < -0.4 is 14.8 Å². The van der Waals surface area contributed by atoms with Crippen LogP contribution in [0.2, 0.25) is 0 Å². The highest BCUT2D eigenvalue weighted by atomic mass is 16.5. The summed E-state index contributed by atoms with van der Waals surface area (Å²) in [5, 5.41) is 4.87. The van der Waals surface area contributed by atoms with Crippen molar-refractivity contribution in [3.05, 3.63) is 102 Å². The zero-order valence-corrected chi connectivity index (χ0v) is 17.5. The van der Waals surface area contributed by atoms with Gasteiger partial charge in [-0.15, -0.1) is 0 Å². The molecule has 1 N–H and O–H groups in total. The summed E-state index contributed by atoms with van der Waals surface area (Å²) in [6.07, 6.45) is 0. The molecule has 0 aliphatic carbocycles. The van der Waals surface area contributed by atoms with Gasteiger partial charge in [-0.25, -0.2) is 0 Å². The molecule has 5 heteroatoms. The van der Waals surface area contributed by atoms with Crippen molar-refractivity contribution in [3.8, 4) is 11.5 Å². The minimum absolute atomic E-state index is 0.242. The third kappa shape index (κ3) is 3.88. The fourth-order valence-corrected chi connectivity index (χ4v) is 3.66. The van der Waals surface area contributed by atoms with E-state index in [-0.39, 0.29) is 5.91 Å². The van der Waals surface area contributed by atoms with Gasteiger partial charge in [0.25, 0.3) is 5.91 Å². The van der Waals surface area contributed by atoms with Crippen molar-refractivity contribution in [3.63, 3.8) is 0 Å². The summed E-state index contributed by atoms with van der Waals surface area (Å²) in [4.78, 5) is 12.8. The zero-order valence-electron chi connectivity index (χ0n) is 17.5. The molecule has 0 aliphatic heterocycles. The van der Waals surface area contributed by atoms with Crippen LogP contribution in [0.1, 0.15) is 15.9 Å². The second kappa shape index (κ2) is 8.47. The number of ether oxygens (including phenoxy) is 2. The van der Waals surface area contributed by atoms with Gasteiger partial charge in [-0.3, -0.25) is 4.79 Å². The normalized spacial score (nSPS) is 10.9. The summed E-state index contributed by atoms with van der Waals surface area (Å²) in [6, 6.07) is 28.5. The molecule has 5 rings (SSSR count). The van der Waals surface area contributed by atoms with Crippen molar-refractivity contribution in [1.82, 2.24) is 0 Å². The molecule has 1 aromatic heterocycles. The Labute approximate surface area is 185 Å². The predicted molar refractivity (Wildman–Crippen MR) is 125 cm³/mol. The van der Waals surface area contributed by atoms with Gasteiger partial charge in [0.05, 0.1) is 12.8 Å². The maximum Gasteiger partial charge on any atom is 0.255 e. The maximum atomic E-state index is 12.8. The Bertz CT molecular complexity index is 1390. The molecule has 0 bridgehead atoms. The monoisotopic (exact) mass is 423 g/mol. The van der Waals surface area contributed by atoms with E-state index in [1.54, 1.807) is 37.4 Å². The minimum Gasteiger partial charge on any atom is -0.495 e. The number of benzene rings is 4. The molecule has 0 fully saturated rings. The number of carbonyl (C=O) groups excluding carboxylic acids is 1. The van der Waals surface area contributed by atoms with Crippen molar-refractivity contribution in [2.24, 2.45) is 0 Å². The molecular formula is C27H21NO4. The van der Waals surface area contributed by atoms with Crippen molar-refractivity contribution < 1.29 is 18.7 Å². The zero-order chi connectivity index (χ0) is 21.9. The van der Waals surface area contributed by atoms with Gasteiger partial charge in [0.15, 0.2) is 0 Å². The highest BCUT2D eigenvalue weighted by Gasteiger charge is 2.15. The molecule has 1 amide bonds. The number of para-hydroxylation sites is 1. The quantitative estimate of drug-likeness (QED) is 0.342. The van der Waals surface area contributed by atoms with E-state index in [0.717, 1.165) is 21.9 Å². The minimum atomic E-state index is -0.242. The number of carbonyl (C=O) groups is 1. The number of anilines is 1. The Kier molecular flexibility index (Phi) is 5.22.